The van der Waals surface area contributed by atoms with Crippen molar-refractivity contribution in [3.8, 4) is 0 Å². The number of carbonyl (C=O) groups is 2. The van der Waals surface area contributed by atoms with Crippen molar-refractivity contribution in [2.45, 2.75) is 13.8 Å². The summed E-state index contributed by atoms with van der Waals surface area (Å²) in [5, 5.41) is 0. The SMILES string of the molecule is Cc1ccc(/C=C\c2ccc3c(c2)C(=O)c2ccc(/C=C\c4ccc(N(c5ccccc5)c5ccc(C)cc5)cc4)cc2C3=O)cc1. The van der Waals surface area contributed by atoms with Crippen LogP contribution in [-0.4, -0.2) is 11.6 Å². The molecule has 0 bridgehead atoms. The van der Waals surface area contributed by atoms with E-state index in [9.17, 15) is 9.59 Å². The Hall–Kier alpha value is -6.06. The predicted molar refractivity (Wildman–Crippen MR) is 195 cm³/mol. The van der Waals surface area contributed by atoms with Crippen LogP contribution in [0.1, 0.15) is 65.2 Å². The van der Waals surface area contributed by atoms with Gasteiger partial charge in [-0.2, -0.15) is 0 Å². The minimum absolute atomic E-state index is 0.122. The molecule has 6 aromatic carbocycles. The smallest absolute Gasteiger partial charge is 0.194 e. The van der Waals surface area contributed by atoms with Crippen molar-refractivity contribution in [2.24, 2.45) is 0 Å². The van der Waals surface area contributed by atoms with E-state index in [0.717, 1.165) is 39.3 Å². The van der Waals surface area contributed by atoms with Crippen molar-refractivity contribution < 1.29 is 9.59 Å². The first-order valence-corrected chi connectivity index (χ1v) is 15.8. The fraction of sp³-hybridized carbons (Fsp3) is 0.0455. The molecule has 226 valence electrons. The van der Waals surface area contributed by atoms with Gasteiger partial charge in [0.2, 0.25) is 0 Å². The normalized spacial score (nSPS) is 12.4. The van der Waals surface area contributed by atoms with E-state index in [1.807, 2.05) is 66.8 Å². The number of carbonyl (C=O) groups excluding carboxylic acids is 2. The van der Waals surface area contributed by atoms with Gasteiger partial charge in [-0.25, -0.2) is 0 Å². The van der Waals surface area contributed by atoms with Crippen LogP contribution < -0.4 is 4.90 Å². The Bertz CT molecular complexity index is 2160. The minimum Gasteiger partial charge on any atom is -0.311 e. The van der Waals surface area contributed by atoms with Crippen LogP contribution >= 0.6 is 0 Å². The maximum Gasteiger partial charge on any atom is 0.194 e. The van der Waals surface area contributed by atoms with Gasteiger partial charge in [-0.15, -0.1) is 0 Å². The average molecular weight is 608 g/mol. The molecule has 6 aromatic rings. The van der Waals surface area contributed by atoms with Gasteiger partial charge < -0.3 is 4.90 Å². The van der Waals surface area contributed by atoms with Gasteiger partial charge in [0.15, 0.2) is 11.6 Å². The quantitative estimate of drug-likeness (QED) is 0.169. The van der Waals surface area contributed by atoms with Crippen molar-refractivity contribution >= 4 is 52.9 Å². The number of rotatable bonds is 7. The second-order valence-electron chi connectivity index (χ2n) is 11.9. The molecule has 0 amide bonds. The van der Waals surface area contributed by atoms with Gasteiger partial charge in [0.1, 0.15) is 0 Å². The molecular weight excluding hydrogens is 574 g/mol. The molecule has 3 heteroatoms. The van der Waals surface area contributed by atoms with Crippen molar-refractivity contribution in [1.29, 1.82) is 0 Å². The second kappa shape index (κ2) is 12.7. The molecule has 0 radical (unpaired) electrons. The molecule has 0 atom stereocenters. The molecule has 0 spiro atoms. The molecule has 1 aliphatic rings. The number of para-hydroxylation sites is 1. The summed E-state index contributed by atoms with van der Waals surface area (Å²) in [5.74, 6) is -0.247. The van der Waals surface area contributed by atoms with Gasteiger partial charge in [0.25, 0.3) is 0 Å². The molecule has 0 saturated carbocycles. The molecule has 0 saturated heterocycles. The lowest BCUT2D eigenvalue weighted by Gasteiger charge is -2.25. The zero-order valence-corrected chi connectivity index (χ0v) is 26.4. The molecule has 0 N–H and O–H groups in total. The average Bonchev–Trinajstić information content (AvgIpc) is 3.11. The van der Waals surface area contributed by atoms with Crippen molar-refractivity contribution in [3.63, 3.8) is 0 Å². The Balaban J connectivity index is 1.11. The fourth-order valence-corrected chi connectivity index (χ4v) is 5.91. The van der Waals surface area contributed by atoms with Crippen molar-refractivity contribution in [2.75, 3.05) is 4.90 Å². The lowest BCUT2D eigenvalue weighted by atomic mass is 9.82. The number of aryl methyl sites for hydroxylation is 2. The number of fused-ring (bicyclic) bond motifs is 2. The van der Waals surface area contributed by atoms with Gasteiger partial charge in [0, 0.05) is 39.3 Å². The van der Waals surface area contributed by atoms with E-state index in [0.29, 0.717) is 22.3 Å². The van der Waals surface area contributed by atoms with Crippen molar-refractivity contribution in [1.82, 2.24) is 0 Å². The van der Waals surface area contributed by atoms with E-state index in [2.05, 4.69) is 104 Å². The first-order chi connectivity index (χ1) is 22.9. The summed E-state index contributed by atoms with van der Waals surface area (Å²) in [6.45, 7) is 4.15. The van der Waals surface area contributed by atoms with Crippen LogP contribution in [0, 0.1) is 13.8 Å². The topological polar surface area (TPSA) is 37.4 Å². The van der Waals surface area contributed by atoms with Crippen LogP contribution in [0.25, 0.3) is 24.3 Å². The Morgan fingerprint density at radius 2 is 0.745 bits per heavy atom. The Labute approximate surface area is 275 Å². The highest BCUT2D eigenvalue weighted by Gasteiger charge is 2.29. The summed E-state index contributed by atoms with van der Waals surface area (Å²) in [6, 6.07) is 46.5. The molecule has 0 aliphatic heterocycles. The lowest BCUT2D eigenvalue weighted by molar-refractivity contribution is 0.0979. The van der Waals surface area contributed by atoms with Crippen LogP contribution in [-0.2, 0) is 0 Å². The van der Waals surface area contributed by atoms with Gasteiger partial charge in [-0.05, 0) is 96.8 Å². The number of nitrogens with zero attached hydrogens (tertiary/aromatic N) is 1. The number of anilines is 3. The third-order valence-corrected chi connectivity index (χ3v) is 8.54. The third kappa shape index (κ3) is 6.25. The zero-order valence-electron chi connectivity index (χ0n) is 26.4. The second-order valence-corrected chi connectivity index (χ2v) is 11.9. The summed E-state index contributed by atoms with van der Waals surface area (Å²) in [7, 11) is 0. The molecular formula is C44H33NO2. The Morgan fingerprint density at radius 3 is 1.23 bits per heavy atom. The van der Waals surface area contributed by atoms with Gasteiger partial charge in [-0.1, -0.05) is 114 Å². The van der Waals surface area contributed by atoms with E-state index in [-0.39, 0.29) is 11.6 Å². The third-order valence-electron chi connectivity index (χ3n) is 8.54. The van der Waals surface area contributed by atoms with E-state index < -0.39 is 0 Å². The maximum absolute atomic E-state index is 13.6. The van der Waals surface area contributed by atoms with Crippen LogP contribution in [0.2, 0.25) is 0 Å². The predicted octanol–water partition coefficient (Wildman–Crippen LogP) is 10.9. The molecule has 0 aromatic heterocycles. The van der Waals surface area contributed by atoms with Crippen molar-refractivity contribution in [3.05, 3.63) is 195 Å². The first-order valence-electron chi connectivity index (χ1n) is 15.8. The van der Waals surface area contributed by atoms with Gasteiger partial charge in [-0.3, -0.25) is 9.59 Å². The molecule has 0 fully saturated rings. The van der Waals surface area contributed by atoms with E-state index in [1.54, 1.807) is 12.1 Å². The summed E-state index contributed by atoms with van der Waals surface area (Å²) in [4.78, 5) is 29.3. The summed E-state index contributed by atoms with van der Waals surface area (Å²) in [6.07, 6.45) is 8.00. The van der Waals surface area contributed by atoms with E-state index in [1.165, 1.54) is 11.1 Å². The molecule has 47 heavy (non-hydrogen) atoms. The van der Waals surface area contributed by atoms with Crippen LogP contribution in [0.4, 0.5) is 17.1 Å². The highest BCUT2D eigenvalue weighted by molar-refractivity contribution is 6.28. The summed E-state index contributed by atoms with van der Waals surface area (Å²) < 4.78 is 0. The van der Waals surface area contributed by atoms with Gasteiger partial charge >= 0.3 is 0 Å². The molecule has 0 unspecified atom stereocenters. The summed E-state index contributed by atoms with van der Waals surface area (Å²) >= 11 is 0. The minimum atomic E-state index is -0.125. The van der Waals surface area contributed by atoms with E-state index >= 15 is 0 Å². The van der Waals surface area contributed by atoms with Crippen LogP contribution in [0.5, 0.6) is 0 Å². The van der Waals surface area contributed by atoms with Crippen LogP contribution in [0.15, 0.2) is 140 Å². The van der Waals surface area contributed by atoms with Gasteiger partial charge in [0.05, 0.1) is 0 Å². The largest absolute Gasteiger partial charge is 0.311 e. The Morgan fingerprint density at radius 1 is 0.383 bits per heavy atom. The number of hydrogen-bond donors (Lipinski definition) is 0. The number of hydrogen-bond acceptors (Lipinski definition) is 3. The lowest BCUT2D eigenvalue weighted by Crippen LogP contribution is -2.21. The van der Waals surface area contributed by atoms with E-state index in [4.69, 9.17) is 0 Å². The molecule has 0 heterocycles. The highest BCUT2D eigenvalue weighted by atomic mass is 16.1. The maximum atomic E-state index is 13.6. The zero-order chi connectivity index (χ0) is 32.3. The highest BCUT2D eigenvalue weighted by Crippen LogP contribution is 2.35. The fourth-order valence-electron chi connectivity index (χ4n) is 5.91. The van der Waals surface area contributed by atoms with Crippen LogP contribution in [0.3, 0.4) is 0 Å². The first kappa shape index (κ1) is 29.6. The number of benzene rings is 6. The standard InChI is InChI=1S/C44H33NO2/c1-30-8-12-32(13-9-30)14-16-34-20-26-39-41(28-34)43(46)40-27-21-35(29-42(40)44(39)47)17-15-33-18-24-38(25-19-33)45(36-6-4-3-5-7-36)37-22-10-31(2)11-23-37/h3-29H,1-2H3/b16-14-,17-15-. The molecule has 3 nitrogen and oxygen atoms in total. The molecule has 1 aliphatic carbocycles. The summed E-state index contributed by atoms with van der Waals surface area (Å²) in [5.41, 5.74) is 11.3. The molecule has 7 rings (SSSR count). The number of ketones is 2. The monoisotopic (exact) mass is 607 g/mol. The Kier molecular flexibility index (Phi) is 8.04.